The summed E-state index contributed by atoms with van der Waals surface area (Å²) in [5, 5.41) is 0. The first kappa shape index (κ1) is 22.0. The van der Waals surface area contributed by atoms with Crippen molar-refractivity contribution in [1.82, 2.24) is 4.72 Å². The molecule has 0 fully saturated rings. The van der Waals surface area contributed by atoms with Gasteiger partial charge in [0.05, 0.1) is 29.9 Å². The fourth-order valence-electron chi connectivity index (χ4n) is 2.06. The van der Waals surface area contributed by atoms with E-state index < -0.39 is 16.0 Å². The first-order chi connectivity index (χ1) is 12.2. The Morgan fingerprint density at radius 3 is 2.35 bits per heavy atom. The average Bonchev–Trinajstić information content (AvgIpc) is 2.61. The van der Waals surface area contributed by atoms with Crippen molar-refractivity contribution in [2.45, 2.75) is 25.7 Å². The summed E-state index contributed by atoms with van der Waals surface area (Å²) in [5.41, 5.74) is 0.930. The Morgan fingerprint density at radius 1 is 1.31 bits per heavy atom. The van der Waals surface area contributed by atoms with Crippen molar-refractivity contribution in [1.29, 1.82) is 0 Å². The van der Waals surface area contributed by atoms with E-state index in [2.05, 4.69) is 27.2 Å². The van der Waals surface area contributed by atoms with Crippen molar-refractivity contribution in [3.05, 3.63) is 58.2 Å². The van der Waals surface area contributed by atoms with Crippen LogP contribution in [0.4, 0.5) is 0 Å². The van der Waals surface area contributed by atoms with Gasteiger partial charge in [0.1, 0.15) is 5.75 Å². The second-order valence-electron chi connectivity index (χ2n) is 5.12. The topological polar surface area (TPSA) is 81.7 Å². The fourth-order valence-corrected chi connectivity index (χ4v) is 3.54. The van der Waals surface area contributed by atoms with Crippen LogP contribution in [0, 0.1) is 0 Å². The number of benzene rings is 1. The van der Waals surface area contributed by atoms with Crippen molar-refractivity contribution >= 4 is 31.9 Å². The van der Waals surface area contributed by atoms with E-state index in [4.69, 9.17) is 9.47 Å². The second kappa shape index (κ2) is 9.59. The van der Waals surface area contributed by atoms with Gasteiger partial charge in [-0.1, -0.05) is 12.7 Å². The van der Waals surface area contributed by atoms with Gasteiger partial charge in [-0.2, -0.15) is 0 Å². The molecule has 0 aliphatic carbocycles. The molecule has 142 valence electrons. The lowest BCUT2D eigenvalue weighted by Gasteiger charge is -2.14. The predicted octanol–water partition coefficient (Wildman–Crippen LogP) is 3.67. The quantitative estimate of drug-likeness (QED) is 0.376. The smallest absolute Gasteiger partial charge is 0.338 e. The minimum atomic E-state index is -3.83. The van der Waals surface area contributed by atoms with E-state index >= 15 is 0 Å². The molecule has 0 bridgehead atoms. The van der Waals surface area contributed by atoms with Crippen molar-refractivity contribution in [2.75, 3.05) is 13.7 Å². The molecular weight excluding hydrogens is 422 g/mol. The molecule has 0 atom stereocenters. The molecule has 1 aromatic carbocycles. The number of sulfonamides is 1. The maximum atomic E-state index is 12.5. The number of nitrogens with one attached hydrogen (secondary N) is 1. The maximum absolute atomic E-state index is 12.5. The molecule has 6 nitrogen and oxygen atoms in total. The van der Waals surface area contributed by atoms with Gasteiger partial charge in [-0.3, -0.25) is 4.72 Å². The SMILES string of the molecule is C=C(NS(=O)(=O)c1ccc(OC)cc1)/C(Br)=C(C)/C(=C/C)C(=O)OCC. The van der Waals surface area contributed by atoms with Gasteiger partial charge in [-0.25, -0.2) is 13.2 Å². The summed E-state index contributed by atoms with van der Waals surface area (Å²) in [6.07, 6.45) is 1.60. The van der Waals surface area contributed by atoms with E-state index in [0.717, 1.165) is 0 Å². The Bertz CT molecular complexity index is 839. The fraction of sp³-hybridized carbons (Fsp3) is 0.278. The van der Waals surface area contributed by atoms with Crippen LogP contribution in [0.1, 0.15) is 20.8 Å². The van der Waals surface area contributed by atoms with E-state index in [9.17, 15) is 13.2 Å². The summed E-state index contributed by atoms with van der Waals surface area (Å²) in [6, 6.07) is 5.95. The van der Waals surface area contributed by atoms with Gasteiger partial charge in [0.2, 0.25) is 0 Å². The van der Waals surface area contributed by atoms with Crippen LogP contribution in [0.2, 0.25) is 0 Å². The van der Waals surface area contributed by atoms with Gasteiger partial charge in [-0.05, 0) is 66.5 Å². The second-order valence-corrected chi connectivity index (χ2v) is 7.60. The summed E-state index contributed by atoms with van der Waals surface area (Å²) in [5.74, 6) is 0.0575. The maximum Gasteiger partial charge on any atom is 0.338 e. The Morgan fingerprint density at radius 2 is 1.88 bits per heavy atom. The van der Waals surface area contributed by atoms with E-state index in [1.54, 1.807) is 39.0 Å². The van der Waals surface area contributed by atoms with Gasteiger partial charge < -0.3 is 9.47 Å². The largest absolute Gasteiger partial charge is 0.497 e. The molecule has 0 saturated carbocycles. The molecule has 0 aliphatic rings. The van der Waals surface area contributed by atoms with Crippen LogP contribution in [0.3, 0.4) is 0 Å². The molecule has 26 heavy (non-hydrogen) atoms. The summed E-state index contributed by atoms with van der Waals surface area (Å²) in [6.45, 7) is 9.06. The zero-order valence-corrected chi connectivity index (χ0v) is 17.5. The monoisotopic (exact) mass is 443 g/mol. The highest BCUT2D eigenvalue weighted by Crippen LogP contribution is 2.26. The van der Waals surface area contributed by atoms with Crippen LogP contribution in [-0.2, 0) is 19.6 Å². The normalized spacial score (nSPS) is 12.9. The van der Waals surface area contributed by atoms with E-state index in [-0.39, 0.29) is 17.2 Å². The van der Waals surface area contributed by atoms with Crippen LogP contribution < -0.4 is 9.46 Å². The summed E-state index contributed by atoms with van der Waals surface area (Å²) < 4.78 is 37.7. The Labute approximate surface area is 162 Å². The highest BCUT2D eigenvalue weighted by molar-refractivity contribution is 9.12. The molecule has 0 aromatic heterocycles. The first-order valence-electron chi connectivity index (χ1n) is 7.74. The molecule has 1 N–H and O–H groups in total. The molecule has 0 heterocycles. The number of carbonyl (C=O) groups excluding carboxylic acids is 1. The number of carbonyl (C=O) groups is 1. The summed E-state index contributed by atoms with van der Waals surface area (Å²) in [4.78, 5) is 12.0. The molecule has 1 aromatic rings. The number of allylic oxidation sites excluding steroid dienone is 2. The Balaban J connectivity index is 3.08. The minimum Gasteiger partial charge on any atom is -0.497 e. The number of esters is 1. The zero-order chi connectivity index (χ0) is 19.9. The average molecular weight is 444 g/mol. The van der Waals surface area contributed by atoms with Crippen molar-refractivity contribution in [3.63, 3.8) is 0 Å². The number of methoxy groups -OCH3 is 1. The van der Waals surface area contributed by atoms with Gasteiger partial charge in [0.15, 0.2) is 0 Å². The standard InChI is InChI=1S/C18H22BrNO5S/c1-6-16(18(21)25-7-2)12(3)17(19)13(4)20-26(22,23)15-10-8-14(24-5)9-11-15/h6,8-11,20H,4,7H2,1-3,5H3/b16-6-,17-12-. The third-order valence-corrected chi connectivity index (χ3v) is 5.89. The van der Waals surface area contributed by atoms with Gasteiger partial charge in [-0.15, -0.1) is 0 Å². The van der Waals surface area contributed by atoms with Gasteiger partial charge in [0, 0.05) is 4.48 Å². The van der Waals surface area contributed by atoms with Gasteiger partial charge in [0.25, 0.3) is 10.0 Å². The van der Waals surface area contributed by atoms with Crippen molar-refractivity contribution in [3.8, 4) is 5.75 Å². The van der Waals surface area contributed by atoms with Crippen LogP contribution in [0.15, 0.2) is 63.1 Å². The number of hydrogen-bond donors (Lipinski definition) is 1. The lowest BCUT2D eigenvalue weighted by Crippen LogP contribution is -2.23. The van der Waals surface area contributed by atoms with Gasteiger partial charge >= 0.3 is 5.97 Å². The lowest BCUT2D eigenvalue weighted by molar-refractivity contribution is -0.138. The van der Waals surface area contributed by atoms with Crippen molar-refractivity contribution < 1.29 is 22.7 Å². The lowest BCUT2D eigenvalue weighted by atomic mass is 10.1. The highest BCUT2D eigenvalue weighted by Gasteiger charge is 2.20. The summed E-state index contributed by atoms with van der Waals surface area (Å²) in [7, 11) is -2.33. The zero-order valence-electron chi connectivity index (χ0n) is 15.1. The first-order valence-corrected chi connectivity index (χ1v) is 10.0. The molecule has 0 saturated heterocycles. The van der Waals surface area contributed by atoms with Crippen LogP contribution in [-0.4, -0.2) is 28.1 Å². The number of halogens is 1. The number of hydrogen-bond acceptors (Lipinski definition) is 5. The molecular formula is C18H22BrNO5S. The molecule has 0 spiro atoms. The summed E-state index contributed by atoms with van der Waals surface area (Å²) >= 11 is 3.30. The predicted molar refractivity (Wildman–Crippen MR) is 104 cm³/mol. The van der Waals surface area contributed by atoms with Crippen molar-refractivity contribution in [2.24, 2.45) is 0 Å². The number of ether oxygens (including phenoxy) is 2. The van der Waals surface area contributed by atoms with E-state index in [1.165, 1.54) is 19.2 Å². The molecule has 1 rings (SSSR count). The minimum absolute atomic E-state index is 0.0639. The molecule has 0 radical (unpaired) electrons. The van der Waals surface area contributed by atoms with E-state index in [0.29, 0.717) is 21.4 Å². The van der Waals surface area contributed by atoms with E-state index in [1.807, 2.05) is 0 Å². The third kappa shape index (κ3) is 5.47. The molecule has 0 unspecified atom stereocenters. The third-order valence-electron chi connectivity index (χ3n) is 3.41. The van der Waals surface area contributed by atoms with Crippen LogP contribution >= 0.6 is 15.9 Å². The molecule has 0 amide bonds. The van der Waals surface area contributed by atoms with Crippen LogP contribution in [0.25, 0.3) is 0 Å². The molecule has 8 heteroatoms. The Kier molecular flexibility index (Phi) is 8.10. The highest BCUT2D eigenvalue weighted by atomic mass is 79.9. The number of rotatable bonds is 8. The van der Waals surface area contributed by atoms with Crippen LogP contribution in [0.5, 0.6) is 5.75 Å². The Hall–Kier alpha value is -2.06. The molecule has 0 aliphatic heterocycles.